The van der Waals surface area contributed by atoms with Gasteiger partial charge in [0.1, 0.15) is 0 Å². The number of hydrogen-bond acceptors (Lipinski definition) is 5. The number of piperidine rings is 1. The van der Waals surface area contributed by atoms with Crippen LogP contribution in [0.5, 0.6) is 0 Å². The van der Waals surface area contributed by atoms with Crippen molar-refractivity contribution in [3.63, 3.8) is 0 Å². The lowest BCUT2D eigenvalue weighted by Crippen LogP contribution is -2.38. The highest BCUT2D eigenvalue weighted by atomic mass is 35.5. The van der Waals surface area contributed by atoms with Crippen LogP contribution in [0.1, 0.15) is 46.4 Å². The van der Waals surface area contributed by atoms with E-state index in [1.165, 1.54) is 0 Å². The molecule has 146 valence electrons. The number of aryl methyl sites for hydroxylation is 2. The van der Waals surface area contributed by atoms with Gasteiger partial charge in [0.05, 0.1) is 12.5 Å². The summed E-state index contributed by atoms with van der Waals surface area (Å²) >= 11 is 5.94. The molecule has 1 saturated heterocycles. The second-order valence-electron chi connectivity index (χ2n) is 7.45. The Kier molecular flexibility index (Phi) is 5.33. The third-order valence-corrected chi connectivity index (χ3v) is 5.47. The molecule has 1 atom stereocenters. The van der Waals surface area contributed by atoms with Crippen molar-refractivity contribution in [3.05, 3.63) is 58.2 Å². The van der Waals surface area contributed by atoms with Gasteiger partial charge in [-0.2, -0.15) is 4.98 Å². The molecule has 4 rings (SSSR count). The molecule has 0 bridgehead atoms. The van der Waals surface area contributed by atoms with Gasteiger partial charge in [-0.05, 0) is 63.6 Å². The number of benzene rings is 1. The van der Waals surface area contributed by atoms with E-state index < -0.39 is 0 Å². The summed E-state index contributed by atoms with van der Waals surface area (Å²) in [7, 11) is 0. The molecule has 1 aliphatic rings. The molecule has 0 aliphatic carbocycles. The number of nitrogens with one attached hydrogen (secondary N) is 1. The number of likely N-dealkylation sites (tertiary alicyclic amines) is 1. The fourth-order valence-electron chi connectivity index (χ4n) is 3.82. The second kappa shape index (κ2) is 7.89. The average Bonchev–Trinajstić information content (AvgIpc) is 3.29. The van der Waals surface area contributed by atoms with E-state index in [2.05, 4.69) is 20.0 Å². The minimum absolute atomic E-state index is 0.143. The monoisotopic (exact) mass is 398 g/mol. The molecule has 28 heavy (non-hydrogen) atoms. The number of rotatable bonds is 5. The average molecular weight is 399 g/mol. The van der Waals surface area contributed by atoms with Crippen molar-refractivity contribution in [2.24, 2.45) is 0 Å². The Labute approximate surface area is 168 Å². The maximum absolute atomic E-state index is 12.7. The zero-order valence-corrected chi connectivity index (χ0v) is 16.8. The van der Waals surface area contributed by atoms with Crippen LogP contribution in [0.15, 0.2) is 34.9 Å². The number of aromatic amines is 1. The molecular formula is C21H23ClN4O2. The Balaban J connectivity index is 1.43. The van der Waals surface area contributed by atoms with Crippen molar-refractivity contribution in [2.45, 2.75) is 32.6 Å². The second-order valence-corrected chi connectivity index (χ2v) is 7.89. The topological polar surface area (TPSA) is 75.0 Å². The zero-order valence-electron chi connectivity index (χ0n) is 16.0. The maximum atomic E-state index is 12.7. The molecule has 1 aromatic carbocycles. The number of carbonyl (C=O) groups excluding carboxylic acids is 1. The van der Waals surface area contributed by atoms with Gasteiger partial charge in [-0.25, -0.2) is 0 Å². The van der Waals surface area contributed by atoms with Crippen molar-refractivity contribution in [3.8, 4) is 11.4 Å². The molecular weight excluding hydrogens is 376 g/mol. The number of nitrogens with zero attached hydrogens (tertiary/aromatic N) is 3. The zero-order chi connectivity index (χ0) is 19.7. The lowest BCUT2D eigenvalue weighted by Gasteiger charge is -2.30. The SMILES string of the molecule is Cc1cc(C(=O)CN2CCCC(c3nc(-c4ccc(Cl)cc4)no3)C2)c(C)[nH]1. The Morgan fingerprint density at radius 3 is 2.82 bits per heavy atom. The standard InChI is InChI=1S/C21H23ClN4O2/c1-13-10-18(14(2)23-13)19(27)12-26-9-3-4-16(11-26)21-24-20(25-28-21)15-5-7-17(22)8-6-15/h5-8,10,16,23H,3-4,9,11-12H2,1-2H3. The van der Waals surface area contributed by atoms with Crippen LogP contribution < -0.4 is 0 Å². The summed E-state index contributed by atoms with van der Waals surface area (Å²) < 4.78 is 5.54. The van der Waals surface area contributed by atoms with Crippen LogP contribution in [0.25, 0.3) is 11.4 Å². The van der Waals surface area contributed by atoms with Crippen molar-refractivity contribution in [2.75, 3.05) is 19.6 Å². The first-order chi connectivity index (χ1) is 13.5. The first kappa shape index (κ1) is 18.9. The molecule has 3 heterocycles. The Morgan fingerprint density at radius 2 is 2.11 bits per heavy atom. The predicted molar refractivity (Wildman–Crippen MR) is 108 cm³/mol. The predicted octanol–water partition coefficient (Wildman–Crippen LogP) is 4.40. The quantitative estimate of drug-likeness (QED) is 0.645. The summed E-state index contributed by atoms with van der Waals surface area (Å²) in [6, 6.07) is 9.31. The summed E-state index contributed by atoms with van der Waals surface area (Å²) in [5, 5.41) is 4.79. The van der Waals surface area contributed by atoms with E-state index >= 15 is 0 Å². The molecule has 0 amide bonds. The summed E-state index contributed by atoms with van der Waals surface area (Å²) in [4.78, 5) is 22.7. The van der Waals surface area contributed by atoms with Gasteiger partial charge in [0.25, 0.3) is 0 Å². The fourth-order valence-corrected chi connectivity index (χ4v) is 3.95. The highest BCUT2D eigenvalue weighted by Gasteiger charge is 2.28. The van der Waals surface area contributed by atoms with Crippen molar-refractivity contribution in [1.82, 2.24) is 20.0 Å². The van der Waals surface area contributed by atoms with Crippen LogP contribution in [0.2, 0.25) is 5.02 Å². The molecule has 2 aromatic heterocycles. The molecule has 6 nitrogen and oxygen atoms in total. The van der Waals surface area contributed by atoms with E-state index in [-0.39, 0.29) is 11.7 Å². The highest BCUT2D eigenvalue weighted by molar-refractivity contribution is 6.30. The number of carbonyl (C=O) groups is 1. The van der Waals surface area contributed by atoms with Gasteiger partial charge in [-0.15, -0.1) is 0 Å². The summed E-state index contributed by atoms with van der Waals surface area (Å²) in [6.45, 7) is 5.97. The molecule has 1 aliphatic heterocycles. The normalized spacial score (nSPS) is 17.8. The summed E-state index contributed by atoms with van der Waals surface area (Å²) in [5.74, 6) is 1.49. The van der Waals surface area contributed by atoms with Crippen LogP contribution in [0.3, 0.4) is 0 Å². The number of H-pyrrole nitrogens is 1. The van der Waals surface area contributed by atoms with E-state index in [1.54, 1.807) is 0 Å². The largest absolute Gasteiger partial charge is 0.362 e. The molecule has 3 aromatic rings. The van der Waals surface area contributed by atoms with Crippen molar-refractivity contribution in [1.29, 1.82) is 0 Å². The first-order valence-electron chi connectivity index (χ1n) is 9.51. The maximum Gasteiger partial charge on any atom is 0.231 e. The van der Waals surface area contributed by atoms with Gasteiger partial charge in [0.2, 0.25) is 11.7 Å². The molecule has 0 radical (unpaired) electrons. The van der Waals surface area contributed by atoms with Crippen LogP contribution in [-0.2, 0) is 0 Å². The van der Waals surface area contributed by atoms with E-state index in [0.29, 0.717) is 23.3 Å². The number of Topliss-reactive ketones (excluding diaryl/α,β-unsaturated/α-hetero) is 1. The Morgan fingerprint density at radius 1 is 1.32 bits per heavy atom. The minimum atomic E-state index is 0.143. The van der Waals surface area contributed by atoms with Gasteiger partial charge >= 0.3 is 0 Å². The Bertz CT molecular complexity index is 977. The lowest BCUT2D eigenvalue weighted by atomic mass is 9.97. The van der Waals surface area contributed by atoms with E-state index in [1.807, 2.05) is 44.2 Å². The van der Waals surface area contributed by atoms with Gasteiger partial charge in [0.15, 0.2) is 5.78 Å². The number of halogens is 1. The van der Waals surface area contributed by atoms with E-state index in [9.17, 15) is 4.79 Å². The smallest absolute Gasteiger partial charge is 0.231 e. The summed E-state index contributed by atoms with van der Waals surface area (Å²) in [6.07, 6.45) is 1.98. The van der Waals surface area contributed by atoms with Crippen molar-refractivity contribution < 1.29 is 9.32 Å². The highest BCUT2D eigenvalue weighted by Crippen LogP contribution is 2.28. The molecule has 7 heteroatoms. The van der Waals surface area contributed by atoms with Gasteiger partial charge in [0, 0.05) is 34.1 Å². The van der Waals surface area contributed by atoms with Gasteiger partial charge in [-0.1, -0.05) is 16.8 Å². The van der Waals surface area contributed by atoms with Gasteiger partial charge in [-0.3, -0.25) is 9.69 Å². The van der Waals surface area contributed by atoms with Gasteiger partial charge < -0.3 is 9.51 Å². The minimum Gasteiger partial charge on any atom is -0.362 e. The number of ketones is 1. The molecule has 1 N–H and O–H groups in total. The van der Waals surface area contributed by atoms with Crippen LogP contribution in [0, 0.1) is 13.8 Å². The molecule has 1 fully saturated rings. The van der Waals surface area contributed by atoms with E-state index in [4.69, 9.17) is 16.1 Å². The van der Waals surface area contributed by atoms with Crippen molar-refractivity contribution >= 4 is 17.4 Å². The third kappa shape index (κ3) is 4.03. The molecule has 1 unspecified atom stereocenters. The molecule has 0 saturated carbocycles. The fraction of sp³-hybridized carbons (Fsp3) is 0.381. The van der Waals surface area contributed by atoms with Crippen LogP contribution in [-0.4, -0.2) is 45.4 Å². The Hall–Kier alpha value is -2.44. The third-order valence-electron chi connectivity index (χ3n) is 5.22. The first-order valence-corrected chi connectivity index (χ1v) is 9.88. The van der Waals surface area contributed by atoms with E-state index in [0.717, 1.165) is 48.4 Å². The molecule has 0 spiro atoms. The van der Waals surface area contributed by atoms with Crippen LogP contribution in [0.4, 0.5) is 0 Å². The lowest BCUT2D eigenvalue weighted by molar-refractivity contribution is 0.0898. The number of hydrogen-bond donors (Lipinski definition) is 1. The van der Waals surface area contributed by atoms with Crippen LogP contribution >= 0.6 is 11.6 Å². The summed E-state index contributed by atoms with van der Waals surface area (Å²) in [5.41, 5.74) is 3.60. The number of aromatic nitrogens is 3.